The van der Waals surface area contributed by atoms with Gasteiger partial charge in [0.2, 0.25) is 5.95 Å². The summed E-state index contributed by atoms with van der Waals surface area (Å²) < 4.78 is 0. The monoisotopic (exact) mass is 292 g/mol. The van der Waals surface area contributed by atoms with Gasteiger partial charge in [-0.2, -0.15) is 9.97 Å². The number of nitrogens with zero attached hydrogens (tertiary/aromatic N) is 3. The molecule has 0 radical (unpaired) electrons. The maximum absolute atomic E-state index is 9.97. The van der Waals surface area contributed by atoms with E-state index in [0.717, 1.165) is 11.1 Å². The molecular formula is C17H16N4O. The third kappa shape index (κ3) is 3.03. The number of hydrogen-bond donors (Lipinski definition) is 2. The fraction of sp³-hybridized carbons (Fsp3) is 0.118. The van der Waals surface area contributed by atoms with Gasteiger partial charge in [-0.05, 0) is 31.5 Å². The molecule has 0 aliphatic carbocycles. The topological polar surface area (TPSA) is 70.9 Å². The van der Waals surface area contributed by atoms with Gasteiger partial charge in [-0.1, -0.05) is 36.4 Å². The minimum absolute atomic E-state index is 0.166. The van der Waals surface area contributed by atoms with Crippen molar-refractivity contribution < 1.29 is 5.11 Å². The van der Waals surface area contributed by atoms with E-state index >= 15 is 0 Å². The van der Waals surface area contributed by atoms with E-state index in [1.165, 1.54) is 0 Å². The Hall–Kier alpha value is -2.95. The van der Waals surface area contributed by atoms with E-state index in [2.05, 4.69) is 20.3 Å². The molecule has 0 aliphatic rings. The first-order chi connectivity index (χ1) is 10.6. The van der Waals surface area contributed by atoms with Crippen LogP contribution in [0.2, 0.25) is 0 Å². The molecule has 0 fully saturated rings. The van der Waals surface area contributed by atoms with Crippen LogP contribution in [0.5, 0.6) is 5.75 Å². The third-order valence-corrected chi connectivity index (χ3v) is 3.18. The summed E-state index contributed by atoms with van der Waals surface area (Å²) in [5.41, 5.74) is 2.47. The first-order valence-electron chi connectivity index (χ1n) is 6.96. The standard InChI is InChI=1S/C17H16N4O/c1-11-8-9-14(15(22)10-11)20-17-19-12(2)18-16(21-17)13-6-4-3-5-7-13/h3-10,22H,1-2H3,(H,18,19,20,21). The summed E-state index contributed by atoms with van der Waals surface area (Å²) in [6.45, 7) is 3.73. The zero-order valence-corrected chi connectivity index (χ0v) is 12.4. The highest BCUT2D eigenvalue weighted by molar-refractivity contribution is 5.64. The van der Waals surface area contributed by atoms with Gasteiger partial charge < -0.3 is 10.4 Å². The van der Waals surface area contributed by atoms with Crippen molar-refractivity contribution in [2.24, 2.45) is 0 Å². The molecule has 2 N–H and O–H groups in total. The average molecular weight is 292 g/mol. The number of phenols is 1. The first-order valence-corrected chi connectivity index (χ1v) is 6.96. The molecule has 0 amide bonds. The second-order valence-electron chi connectivity index (χ2n) is 5.04. The van der Waals surface area contributed by atoms with E-state index < -0.39 is 0 Å². The molecule has 22 heavy (non-hydrogen) atoms. The lowest BCUT2D eigenvalue weighted by atomic mass is 10.2. The summed E-state index contributed by atoms with van der Waals surface area (Å²) in [6.07, 6.45) is 0. The van der Waals surface area contributed by atoms with Gasteiger partial charge in [0.1, 0.15) is 11.6 Å². The van der Waals surface area contributed by atoms with Crippen molar-refractivity contribution >= 4 is 11.6 Å². The Kier molecular flexibility index (Phi) is 3.70. The smallest absolute Gasteiger partial charge is 0.231 e. The Morgan fingerprint density at radius 1 is 0.909 bits per heavy atom. The fourth-order valence-electron chi connectivity index (χ4n) is 2.12. The molecule has 0 bridgehead atoms. The molecule has 0 saturated carbocycles. The van der Waals surface area contributed by atoms with E-state index in [0.29, 0.717) is 23.3 Å². The number of aromatic hydroxyl groups is 1. The molecule has 3 aromatic rings. The zero-order valence-electron chi connectivity index (χ0n) is 12.4. The van der Waals surface area contributed by atoms with Crippen molar-refractivity contribution in [3.05, 3.63) is 59.9 Å². The summed E-state index contributed by atoms with van der Waals surface area (Å²) in [4.78, 5) is 13.0. The summed E-state index contributed by atoms with van der Waals surface area (Å²) in [7, 11) is 0. The largest absolute Gasteiger partial charge is 0.506 e. The molecule has 1 aromatic heterocycles. The van der Waals surface area contributed by atoms with Crippen LogP contribution >= 0.6 is 0 Å². The highest BCUT2D eigenvalue weighted by Crippen LogP contribution is 2.26. The average Bonchev–Trinajstić information content (AvgIpc) is 2.50. The summed E-state index contributed by atoms with van der Waals surface area (Å²) >= 11 is 0. The van der Waals surface area contributed by atoms with Crippen LogP contribution in [-0.2, 0) is 0 Å². The minimum Gasteiger partial charge on any atom is -0.506 e. The fourth-order valence-corrected chi connectivity index (χ4v) is 2.12. The van der Waals surface area contributed by atoms with Gasteiger partial charge >= 0.3 is 0 Å². The molecule has 2 aromatic carbocycles. The molecule has 0 unspecified atom stereocenters. The quantitative estimate of drug-likeness (QED) is 0.722. The normalized spacial score (nSPS) is 10.5. The maximum atomic E-state index is 9.97. The highest BCUT2D eigenvalue weighted by Gasteiger charge is 2.08. The third-order valence-electron chi connectivity index (χ3n) is 3.18. The van der Waals surface area contributed by atoms with Crippen LogP contribution in [0, 0.1) is 13.8 Å². The highest BCUT2D eigenvalue weighted by atomic mass is 16.3. The predicted octanol–water partition coefficient (Wildman–Crippen LogP) is 3.60. The number of rotatable bonds is 3. The second kappa shape index (κ2) is 5.81. The van der Waals surface area contributed by atoms with Crippen molar-refractivity contribution in [3.63, 3.8) is 0 Å². The lowest BCUT2D eigenvalue weighted by Gasteiger charge is -2.09. The summed E-state index contributed by atoms with van der Waals surface area (Å²) in [6, 6.07) is 15.1. The molecule has 5 heteroatoms. The Labute approximate surface area is 128 Å². The van der Waals surface area contributed by atoms with Crippen LogP contribution in [0.1, 0.15) is 11.4 Å². The van der Waals surface area contributed by atoms with Crippen LogP contribution in [0.3, 0.4) is 0 Å². The van der Waals surface area contributed by atoms with E-state index in [-0.39, 0.29) is 5.75 Å². The number of aromatic nitrogens is 3. The minimum atomic E-state index is 0.166. The number of hydrogen-bond acceptors (Lipinski definition) is 5. The van der Waals surface area contributed by atoms with Gasteiger partial charge in [-0.15, -0.1) is 0 Å². The molecule has 0 atom stereocenters. The van der Waals surface area contributed by atoms with Crippen LogP contribution in [0.25, 0.3) is 11.4 Å². The van der Waals surface area contributed by atoms with Crippen molar-refractivity contribution in [1.29, 1.82) is 0 Å². The Morgan fingerprint density at radius 2 is 1.68 bits per heavy atom. The Morgan fingerprint density at radius 3 is 2.41 bits per heavy atom. The molecule has 3 rings (SSSR count). The van der Waals surface area contributed by atoms with Crippen LogP contribution in [0.4, 0.5) is 11.6 Å². The zero-order chi connectivity index (χ0) is 15.5. The van der Waals surface area contributed by atoms with Crippen molar-refractivity contribution in [2.75, 3.05) is 5.32 Å². The van der Waals surface area contributed by atoms with Crippen LogP contribution in [0.15, 0.2) is 48.5 Å². The number of anilines is 2. The predicted molar refractivity (Wildman–Crippen MR) is 86.1 cm³/mol. The van der Waals surface area contributed by atoms with Gasteiger partial charge in [-0.3, -0.25) is 0 Å². The van der Waals surface area contributed by atoms with E-state index in [1.54, 1.807) is 12.1 Å². The molecule has 0 saturated heterocycles. The van der Waals surface area contributed by atoms with E-state index in [9.17, 15) is 5.11 Å². The van der Waals surface area contributed by atoms with Crippen LogP contribution in [-0.4, -0.2) is 20.1 Å². The SMILES string of the molecule is Cc1ccc(Nc2nc(C)nc(-c3ccccc3)n2)c(O)c1. The molecule has 0 aliphatic heterocycles. The lowest BCUT2D eigenvalue weighted by molar-refractivity contribution is 0.477. The summed E-state index contributed by atoms with van der Waals surface area (Å²) in [5.74, 6) is 1.79. The van der Waals surface area contributed by atoms with Gasteiger partial charge in [0.05, 0.1) is 5.69 Å². The molecule has 0 spiro atoms. The lowest BCUT2D eigenvalue weighted by Crippen LogP contribution is -2.03. The first kappa shape index (κ1) is 14.0. The Bertz CT molecular complexity index is 803. The van der Waals surface area contributed by atoms with Gasteiger partial charge in [0.25, 0.3) is 0 Å². The second-order valence-corrected chi connectivity index (χ2v) is 5.04. The molecule has 5 nitrogen and oxygen atoms in total. The molecule has 110 valence electrons. The number of phenolic OH excluding ortho intramolecular Hbond substituents is 1. The number of aryl methyl sites for hydroxylation is 2. The van der Waals surface area contributed by atoms with Gasteiger partial charge in [0.15, 0.2) is 5.82 Å². The summed E-state index contributed by atoms with van der Waals surface area (Å²) in [5, 5.41) is 13.0. The maximum Gasteiger partial charge on any atom is 0.231 e. The Balaban J connectivity index is 1.96. The van der Waals surface area contributed by atoms with Gasteiger partial charge in [-0.25, -0.2) is 4.98 Å². The van der Waals surface area contributed by atoms with Crippen molar-refractivity contribution in [3.8, 4) is 17.1 Å². The van der Waals surface area contributed by atoms with E-state index in [4.69, 9.17) is 0 Å². The van der Waals surface area contributed by atoms with Crippen molar-refractivity contribution in [1.82, 2.24) is 15.0 Å². The molecular weight excluding hydrogens is 276 g/mol. The van der Waals surface area contributed by atoms with Crippen LogP contribution < -0.4 is 5.32 Å². The van der Waals surface area contributed by atoms with Crippen molar-refractivity contribution in [2.45, 2.75) is 13.8 Å². The molecule has 1 heterocycles. The van der Waals surface area contributed by atoms with E-state index in [1.807, 2.05) is 50.2 Å². The number of benzene rings is 2. The van der Waals surface area contributed by atoms with Gasteiger partial charge in [0, 0.05) is 5.56 Å². The number of nitrogens with one attached hydrogen (secondary N) is 1.